The van der Waals surface area contributed by atoms with E-state index in [1.807, 2.05) is 83.1 Å². The van der Waals surface area contributed by atoms with E-state index in [0.717, 1.165) is 44.3 Å². The van der Waals surface area contributed by atoms with Gasteiger partial charge in [0.25, 0.3) is 0 Å². The van der Waals surface area contributed by atoms with Crippen molar-refractivity contribution in [3.8, 4) is 0 Å². The van der Waals surface area contributed by atoms with Crippen LogP contribution in [0.1, 0.15) is 299 Å². The molecule has 0 bridgehead atoms. The van der Waals surface area contributed by atoms with Crippen molar-refractivity contribution in [1.82, 2.24) is 20.7 Å². The zero-order chi connectivity index (χ0) is 95.8. The number of nitro groups is 1. The standard InChI is InChI=1S/C13H25NO4.C11H21NO4.C8H18N2O2.C8H15NO4.C8H17NO2.C8H14O2.C7H16N2O3S.2C7H15NO.C7H17N/c1-7-17-11(15)10(8-9(2)3)14-12(16)18-13(4,5)6;1-7(2)6-8(9(13)14)12-10(15)16-11(3,4)5;1-6(2)5-7(9)8(12)10-3-4-11;1-4-13-8(10)7(9(11)12)5-6(2)3;1-4-11-8(10)7(9)5-6(2)3;1-6(2)3-7-4-8(9)10-5-7;1-5(2)4-6(7(8)10)9-13(3,11)12;2*1-5(2)4-7(8)6(3)9;1-4-7(8)5-6(2)3/h9-10H,7-8H2,1-6H3,(H,14,16);7-8H,6H2,1-5H3,(H,12,15)(H,13,14);6-7,11H,3-5,9H2,1-2H3,(H,10,12);6-7H,4-5H2,1-3H3;6-7H,4-5,9H2,1-3H3;6-7H,3-5H2,1-2H3;5-6,9H,4H2,1-3H3,(H2,8,10);2*5,7H,4,8H2,1-3H3;6-7H,4-5,8H2,1-3H3/t10-;8-;3*7-;;6-;3*7-/m00000.0001/s1. The summed E-state index contributed by atoms with van der Waals surface area (Å²) in [5.41, 5.74) is 31.5. The molecule has 0 aromatic carbocycles. The van der Waals surface area contributed by atoms with Gasteiger partial charge in [-0.05, 0) is 200 Å². The molecule has 1 rings (SSSR count). The maximum Gasteiger partial charge on any atom is 0.408 e. The Labute approximate surface area is 717 Å². The van der Waals surface area contributed by atoms with E-state index >= 15 is 0 Å². The molecule has 119 heavy (non-hydrogen) atoms. The highest BCUT2D eigenvalue weighted by molar-refractivity contribution is 7.88. The Hall–Kier alpha value is -6.76. The van der Waals surface area contributed by atoms with Crippen LogP contribution >= 0.6 is 0 Å². The molecule has 708 valence electrons. The number of hydrogen-bond donors (Lipinski definition) is 12. The molecule has 1 unspecified atom stereocenters. The van der Waals surface area contributed by atoms with E-state index in [2.05, 4.69) is 87.7 Å². The lowest BCUT2D eigenvalue weighted by Gasteiger charge is -2.23. The van der Waals surface area contributed by atoms with Gasteiger partial charge in [-0.2, -0.15) is 0 Å². The van der Waals surface area contributed by atoms with Crippen LogP contribution in [0.5, 0.6) is 0 Å². The van der Waals surface area contributed by atoms with Crippen LogP contribution in [0.3, 0.4) is 0 Å². The van der Waals surface area contributed by atoms with E-state index in [1.165, 1.54) is 13.8 Å². The fourth-order valence-corrected chi connectivity index (χ4v) is 10.4. The summed E-state index contributed by atoms with van der Waals surface area (Å²) in [5, 5.41) is 35.2. The van der Waals surface area contributed by atoms with Crippen LogP contribution in [0.2, 0.25) is 0 Å². The topological polar surface area (TPSA) is 565 Å². The van der Waals surface area contributed by atoms with E-state index in [1.54, 1.807) is 62.3 Å². The molecule has 35 heteroatoms. The maximum atomic E-state index is 11.7. The van der Waals surface area contributed by atoms with E-state index in [-0.39, 0.29) is 91.3 Å². The van der Waals surface area contributed by atoms with Crippen LogP contribution in [-0.4, -0.2) is 200 Å². The average Bonchev–Trinajstić information content (AvgIpc) is 1.69. The number of primary amides is 1. The molecule has 0 aromatic heterocycles. The van der Waals surface area contributed by atoms with Crippen LogP contribution in [0.15, 0.2) is 0 Å². The zero-order valence-corrected chi connectivity index (χ0v) is 80.4. The molecule has 1 heterocycles. The summed E-state index contributed by atoms with van der Waals surface area (Å²) < 4.78 is 53.0. The van der Waals surface area contributed by atoms with E-state index in [0.29, 0.717) is 99.9 Å². The Morgan fingerprint density at radius 3 is 1.12 bits per heavy atom. The second-order valence-corrected chi connectivity index (χ2v) is 37.3. The summed E-state index contributed by atoms with van der Waals surface area (Å²) in [6.45, 7) is 62.9. The molecule has 0 radical (unpaired) electrons. The summed E-state index contributed by atoms with van der Waals surface area (Å²) in [6.07, 6.45) is 8.27. The molecular weight excluding hydrogens is 1560 g/mol. The van der Waals surface area contributed by atoms with Crippen molar-refractivity contribution in [3.63, 3.8) is 0 Å². The number of nitrogens with one attached hydrogen (secondary N) is 4. The molecular formula is C84H173N11O23S. The van der Waals surface area contributed by atoms with Crippen LogP contribution in [0.4, 0.5) is 9.59 Å². The average molecular weight is 1740 g/mol. The first kappa shape index (κ1) is 130. The van der Waals surface area contributed by atoms with Crippen molar-refractivity contribution in [2.24, 2.45) is 99.5 Å². The Morgan fingerprint density at radius 1 is 0.513 bits per heavy atom. The molecule has 1 saturated heterocycles. The normalized spacial score (nSPS) is 14.5. The first-order valence-electron chi connectivity index (χ1n) is 42.0. The molecule has 0 aromatic rings. The number of carbonyl (C=O) groups is 11. The molecule has 18 N–H and O–H groups in total. The number of nitrogens with two attached hydrogens (primary N) is 6. The number of amides is 4. The van der Waals surface area contributed by atoms with Gasteiger partial charge >= 0.3 is 48.1 Å². The second kappa shape index (κ2) is 73.9. The van der Waals surface area contributed by atoms with Gasteiger partial charge in [0.05, 0.1) is 63.8 Å². The lowest BCUT2D eigenvalue weighted by atomic mass is 9.97. The van der Waals surface area contributed by atoms with Crippen LogP contribution < -0.4 is 55.1 Å². The first-order chi connectivity index (χ1) is 54.0. The molecule has 1 fully saturated rings. The summed E-state index contributed by atoms with van der Waals surface area (Å²) >= 11 is 0. The zero-order valence-electron chi connectivity index (χ0n) is 79.6. The van der Waals surface area contributed by atoms with E-state index in [9.17, 15) is 71.3 Å². The number of aliphatic hydroxyl groups excluding tert-OH is 1. The number of ketones is 2. The summed E-state index contributed by atoms with van der Waals surface area (Å²) in [6, 6.07) is -4.51. The number of esters is 4. The minimum atomic E-state index is -3.36. The third kappa shape index (κ3) is 98.2. The fourth-order valence-electron chi connectivity index (χ4n) is 9.71. The van der Waals surface area contributed by atoms with Crippen molar-refractivity contribution in [1.29, 1.82) is 0 Å². The Kier molecular flexibility index (Phi) is 80.9. The van der Waals surface area contributed by atoms with Crippen molar-refractivity contribution >= 4 is 75.4 Å². The number of carboxylic acids is 1. The number of aliphatic hydroxyl groups is 1. The number of ether oxygens (including phenoxy) is 6. The van der Waals surface area contributed by atoms with Gasteiger partial charge in [0.15, 0.2) is 0 Å². The highest BCUT2D eigenvalue weighted by Crippen LogP contribution is 2.22. The number of cyclic esters (lactones) is 1. The van der Waals surface area contributed by atoms with Gasteiger partial charge in [-0.25, -0.2) is 37.1 Å². The first-order valence-corrected chi connectivity index (χ1v) is 43.9. The molecule has 1 aliphatic rings. The predicted octanol–water partition coefficient (Wildman–Crippen LogP) is 10.8. The minimum Gasteiger partial charge on any atom is -0.480 e. The molecule has 34 nitrogen and oxygen atoms in total. The van der Waals surface area contributed by atoms with Crippen molar-refractivity contribution < 1.29 is 105 Å². The second-order valence-electron chi connectivity index (χ2n) is 35.5. The van der Waals surface area contributed by atoms with Crippen LogP contribution in [0, 0.1) is 75.2 Å². The minimum absolute atomic E-state index is 0.0225. The monoisotopic (exact) mass is 1740 g/mol. The number of alkyl carbamates (subject to hydrolysis) is 2. The summed E-state index contributed by atoms with van der Waals surface area (Å²) in [4.78, 5) is 131. The third-order valence-electron chi connectivity index (χ3n) is 14.9. The molecule has 10 atom stereocenters. The number of carboxylic acid groups (broad SMARTS) is 1. The lowest BCUT2D eigenvalue weighted by molar-refractivity contribution is -0.512. The van der Waals surface area contributed by atoms with Gasteiger partial charge in [-0.3, -0.25) is 38.9 Å². The van der Waals surface area contributed by atoms with Gasteiger partial charge in [0, 0.05) is 29.8 Å². The third-order valence-corrected chi connectivity index (χ3v) is 15.6. The van der Waals surface area contributed by atoms with Crippen molar-refractivity contribution in [2.45, 2.75) is 364 Å². The summed E-state index contributed by atoms with van der Waals surface area (Å²) in [5.74, 6) is 1.45. The number of sulfonamides is 1. The SMILES string of the molecule is CC(=O)[C@@H](N)CC(C)C.CC(=O)[C@@H](N)CC(C)C.CC(C)CC1COC(=O)C1.CC(C)C[C@H](N)C(=O)NCCO.CC(C)C[C@H](NC(=O)OC(C)(C)C)C(=O)O.CC(C)C[C@H](NS(C)(=O)=O)C(N)=O.CCOC(=O)[C@@H](N)CC(C)C.CCOC(=O)[C@H](CC(C)C)NC(=O)OC(C)(C)C.CCOC(=O)[C@H](CC(C)C)[N+](=O)[O-].CC[C@@H](N)CC(C)C. The highest BCUT2D eigenvalue weighted by Gasteiger charge is 2.33. The highest BCUT2D eigenvalue weighted by atomic mass is 32.2. The van der Waals surface area contributed by atoms with Gasteiger partial charge in [0.1, 0.15) is 46.9 Å². The number of nitrogens with zero attached hydrogens (tertiary/aromatic N) is 1. The summed E-state index contributed by atoms with van der Waals surface area (Å²) in [7, 11) is -3.36. The smallest absolute Gasteiger partial charge is 0.408 e. The predicted molar refractivity (Wildman–Crippen MR) is 471 cm³/mol. The largest absolute Gasteiger partial charge is 0.480 e. The van der Waals surface area contributed by atoms with Gasteiger partial charge in [-0.1, -0.05) is 145 Å². The molecule has 0 spiro atoms. The molecule has 0 saturated carbocycles. The van der Waals surface area contributed by atoms with E-state index < -0.39 is 98.4 Å². The fraction of sp³-hybridized carbons (Fsp3) is 0.869. The Morgan fingerprint density at radius 2 is 0.849 bits per heavy atom. The molecule has 4 amide bonds. The molecule has 0 aliphatic carbocycles. The van der Waals surface area contributed by atoms with Crippen LogP contribution in [-0.2, 0) is 81.6 Å². The number of rotatable bonds is 39. The Balaban J connectivity index is -0.000000163. The number of carbonyl (C=O) groups excluding carboxylic acids is 10. The number of Topliss-reactive ketones (excluding diaryl/α,β-unsaturated/α-hetero) is 2. The number of hydrogen-bond acceptors (Lipinski definition) is 27. The quantitative estimate of drug-likeness (QED) is 0.0118. The number of aliphatic carboxylic acids is 1. The van der Waals surface area contributed by atoms with Crippen LogP contribution in [0.25, 0.3) is 0 Å². The maximum absolute atomic E-state index is 11.7. The van der Waals surface area contributed by atoms with Gasteiger partial charge in [0.2, 0.25) is 21.8 Å². The molecule has 1 aliphatic heterocycles. The van der Waals surface area contributed by atoms with Crippen molar-refractivity contribution in [3.05, 3.63) is 10.1 Å². The van der Waals surface area contributed by atoms with E-state index in [4.69, 9.17) is 68.3 Å². The van der Waals surface area contributed by atoms with Gasteiger partial charge in [-0.15, -0.1) is 0 Å². The lowest BCUT2D eigenvalue weighted by Crippen LogP contribution is -2.44. The Bertz CT molecular complexity index is 2820. The van der Waals surface area contributed by atoms with Crippen molar-refractivity contribution in [2.75, 3.05) is 45.8 Å². The van der Waals surface area contributed by atoms with Gasteiger partial charge < -0.3 is 89.0 Å².